The van der Waals surface area contributed by atoms with Crippen LogP contribution in [0.3, 0.4) is 0 Å². The predicted octanol–water partition coefficient (Wildman–Crippen LogP) is 3.26. The molecule has 1 aliphatic heterocycles. The molecule has 0 spiro atoms. The Balaban J connectivity index is 1.49. The molecule has 2 amide bonds. The smallest absolute Gasteiger partial charge is 0.310 e. The van der Waals surface area contributed by atoms with E-state index in [0.717, 1.165) is 19.5 Å². The third kappa shape index (κ3) is 6.78. The van der Waals surface area contributed by atoms with Crippen molar-refractivity contribution < 1.29 is 28.6 Å². The van der Waals surface area contributed by atoms with Gasteiger partial charge in [0.25, 0.3) is 11.8 Å². The molecule has 0 aliphatic carbocycles. The van der Waals surface area contributed by atoms with Crippen molar-refractivity contribution in [3.63, 3.8) is 0 Å². The SMILES string of the molecule is COC(=O)Cc1ccc(NC(=O)c2cc(Oc3ccc(C(=O)N4CCC4)cn3)nc(OC(C)C)c2)nc1. The van der Waals surface area contributed by atoms with Gasteiger partial charge >= 0.3 is 5.97 Å². The minimum Gasteiger partial charge on any atom is -0.475 e. The Morgan fingerprint density at radius 1 is 0.973 bits per heavy atom. The van der Waals surface area contributed by atoms with Gasteiger partial charge in [-0.3, -0.25) is 14.4 Å². The van der Waals surface area contributed by atoms with E-state index in [2.05, 4.69) is 25.0 Å². The largest absolute Gasteiger partial charge is 0.475 e. The van der Waals surface area contributed by atoms with Crippen LogP contribution in [0.5, 0.6) is 17.6 Å². The van der Waals surface area contributed by atoms with E-state index in [1.54, 1.807) is 29.2 Å². The first-order valence-corrected chi connectivity index (χ1v) is 11.8. The van der Waals surface area contributed by atoms with Crippen molar-refractivity contribution >= 4 is 23.6 Å². The molecular weight excluding hydrogens is 478 g/mol. The van der Waals surface area contributed by atoms with Crippen LogP contribution in [0.25, 0.3) is 0 Å². The fraction of sp³-hybridized carbons (Fsp3) is 0.308. The fourth-order valence-electron chi connectivity index (χ4n) is 3.37. The van der Waals surface area contributed by atoms with Crippen molar-refractivity contribution in [2.75, 3.05) is 25.5 Å². The summed E-state index contributed by atoms with van der Waals surface area (Å²) in [5.41, 5.74) is 1.36. The summed E-state index contributed by atoms with van der Waals surface area (Å²) in [4.78, 5) is 51.2. The maximum atomic E-state index is 13.0. The van der Waals surface area contributed by atoms with Crippen LogP contribution >= 0.6 is 0 Å². The topological polar surface area (TPSA) is 133 Å². The van der Waals surface area contributed by atoms with Gasteiger partial charge in [0.05, 0.1) is 30.8 Å². The molecule has 4 heterocycles. The highest BCUT2D eigenvalue weighted by Crippen LogP contribution is 2.24. The average Bonchev–Trinajstić information content (AvgIpc) is 2.84. The molecule has 11 heteroatoms. The molecule has 0 aromatic carbocycles. The zero-order valence-electron chi connectivity index (χ0n) is 20.8. The highest BCUT2D eigenvalue weighted by atomic mass is 16.5. The van der Waals surface area contributed by atoms with Gasteiger partial charge in [-0.2, -0.15) is 4.98 Å². The van der Waals surface area contributed by atoms with Gasteiger partial charge in [-0.1, -0.05) is 6.07 Å². The first kappa shape index (κ1) is 25.5. The second-order valence-electron chi connectivity index (χ2n) is 8.59. The predicted molar refractivity (Wildman–Crippen MR) is 133 cm³/mol. The maximum absolute atomic E-state index is 13.0. The van der Waals surface area contributed by atoms with E-state index in [4.69, 9.17) is 9.47 Å². The molecule has 1 saturated heterocycles. The summed E-state index contributed by atoms with van der Waals surface area (Å²) in [5, 5.41) is 2.70. The first-order valence-electron chi connectivity index (χ1n) is 11.8. The molecule has 37 heavy (non-hydrogen) atoms. The second kappa shape index (κ2) is 11.5. The van der Waals surface area contributed by atoms with Crippen LogP contribution in [-0.4, -0.2) is 63.9 Å². The number of amides is 2. The molecule has 11 nitrogen and oxygen atoms in total. The molecule has 1 N–H and O–H groups in total. The third-order valence-electron chi connectivity index (χ3n) is 5.38. The average molecular weight is 506 g/mol. The number of esters is 1. The van der Waals surface area contributed by atoms with Crippen molar-refractivity contribution in [1.82, 2.24) is 19.9 Å². The van der Waals surface area contributed by atoms with Gasteiger partial charge in [0.2, 0.25) is 17.6 Å². The molecule has 0 radical (unpaired) electrons. The Morgan fingerprint density at radius 3 is 2.35 bits per heavy atom. The number of hydrogen-bond donors (Lipinski definition) is 1. The van der Waals surface area contributed by atoms with Gasteiger partial charge in [-0.25, -0.2) is 9.97 Å². The van der Waals surface area contributed by atoms with Gasteiger partial charge in [0.15, 0.2) is 0 Å². The number of aromatic nitrogens is 3. The highest BCUT2D eigenvalue weighted by molar-refractivity contribution is 6.04. The van der Waals surface area contributed by atoms with Crippen molar-refractivity contribution in [1.29, 1.82) is 0 Å². The quantitative estimate of drug-likeness (QED) is 0.435. The summed E-state index contributed by atoms with van der Waals surface area (Å²) in [5.74, 6) is -0.105. The summed E-state index contributed by atoms with van der Waals surface area (Å²) in [6, 6.07) is 9.43. The minimum absolute atomic E-state index is 0.0679. The van der Waals surface area contributed by atoms with Crippen LogP contribution in [0.1, 0.15) is 46.5 Å². The zero-order chi connectivity index (χ0) is 26.4. The summed E-state index contributed by atoms with van der Waals surface area (Å²) >= 11 is 0. The number of anilines is 1. The lowest BCUT2D eigenvalue weighted by Gasteiger charge is -2.30. The Kier molecular flexibility index (Phi) is 7.92. The van der Waals surface area contributed by atoms with E-state index < -0.39 is 5.91 Å². The van der Waals surface area contributed by atoms with Crippen LogP contribution in [0, 0.1) is 0 Å². The van der Waals surface area contributed by atoms with Gasteiger partial charge in [-0.15, -0.1) is 0 Å². The maximum Gasteiger partial charge on any atom is 0.310 e. The zero-order valence-corrected chi connectivity index (χ0v) is 20.8. The van der Waals surface area contributed by atoms with E-state index in [0.29, 0.717) is 16.9 Å². The lowest BCUT2D eigenvalue weighted by atomic mass is 10.1. The monoisotopic (exact) mass is 505 g/mol. The Hall–Kier alpha value is -4.54. The lowest BCUT2D eigenvalue weighted by molar-refractivity contribution is -0.139. The fourth-order valence-corrected chi connectivity index (χ4v) is 3.37. The highest BCUT2D eigenvalue weighted by Gasteiger charge is 2.22. The van der Waals surface area contributed by atoms with Crippen molar-refractivity contribution in [3.8, 4) is 17.6 Å². The molecule has 3 aromatic rings. The summed E-state index contributed by atoms with van der Waals surface area (Å²) in [6.07, 6.45) is 3.84. The summed E-state index contributed by atoms with van der Waals surface area (Å²) in [6.45, 7) is 5.18. The number of likely N-dealkylation sites (tertiary alicyclic amines) is 1. The van der Waals surface area contributed by atoms with Crippen molar-refractivity contribution in [3.05, 3.63) is 65.5 Å². The number of rotatable bonds is 9. The van der Waals surface area contributed by atoms with Crippen LogP contribution in [0.2, 0.25) is 0 Å². The van der Waals surface area contributed by atoms with E-state index in [1.807, 2.05) is 13.8 Å². The van der Waals surface area contributed by atoms with E-state index in [-0.39, 0.29) is 47.6 Å². The first-order chi connectivity index (χ1) is 17.8. The molecule has 0 atom stereocenters. The molecule has 1 fully saturated rings. The number of methoxy groups -OCH3 is 1. The molecular formula is C26H27N5O6. The second-order valence-corrected chi connectivity index (χ2v) is 8.59. The normalized spacial score (nSPS) is 12.5. The van der Waals surface area contributed by atoms with Crippen molar-refractivity contribution in [2.24, 2.45) is 0 Å². The molecule has 3 aromatic heterocycles. The van der Waals surface area contributed by atoms with Crippen LogP contribution < -0.4 is 14.8 Å². The Labute approximate surface area is 213 Å². The van der Waals surface area contributed by atoms with E-state index in [1.165, 1.54) is 31.6 Å². The third-order valence-corrected chi connectivity index (χ3v) is 5.38. The standard InChI is InChI=1S/C26H27N5O6/c1-16(2)36-22-12-19(25(33)29-20-7-5-17(14-27-20)11-24(32)35-3)13-23(30-22)37-21-8-6-18(15-28-21)26(34)31-9-4-10-31/h5-8,12-16H,4,9-11H2,1-3H3,(H,27,29,33). The van der Waals surface area contributed by atoms with Gasteiger partial charge in [-0.05, 0) is 38.0 Å². The van der Waals surface area contributed by atoms with Crippen LogP contribution in [-0.2, 0) is 16.0 Å². The molecule has 4 rings (SSSR count). The molecule has 0 saturated carbocycles. The van der Waals surface area contributed by atoms with E-state index in [9.17, 15) is 14.4 Å². The summed E-state index contributed by atoms with van der Waals surface area (Å²) < 4.78 is 16.1. The minimum atomic E-state index is -0.461. The molecule has 0 unspecified atom stereocenters. The molecule has 1 aliphatic rings. The summed E-state index contributed by atoms with van der Waals surface area (Å²) in [7, 11) is 1.31. The van der Waals surface area contributed by atoms with Crippen LogP contribution in [0.15, 0.2) is 48.8 Å². The molecule has 192 valence electrons. The van der Waals surface area contributed by atoms with Gasteiger partial charge < -0.3 is 24.4 Å². The number of carbonyl (C=O) groups is 3. The number of carbonyl (C=O) groups excluding carboxylic acids is 3. The number of pyridine rings is 3. The number of nitrogens with zero attached hydrogens (tertiary/aromatic N) is 4. The van der Waals surface area contributed by atoms with Crippen molar-refractivity contribution in [2.45, 2.75) is 32.8 Å². The van der Waals surface area contributed by atoms with Gasteiger partial charge in [0.1, 0.15) is 5.82 Å². The lowest BCUT2D eigenvalue weighted by Crippen LogP contribution is -2.42. The van der Waals surface area contributed by atoms with Crippen LogP contribution in [0.4, 0.5) is 5.82 Å². The molecule has 0 bridgehead atoms. The number of nitrogens with one attached hydrogen (secondary N) is 1. The van der Waals surface area contributed by atoms with Gasteiger partial charge in [0, 0.05) is 43.7 Å². The Morgan fingerprint density at radius 2 is 1.76 bits per heavy atom. The number of ether oxygens (including phenoxy) is 3. The van der Waals surface area contributed by atoms with E-state index >= 15 is 0 Å². The Bertz CT molecular complexity index is 1270. The number of hydrogen-bond acceptors (Lipinski definition) is 9.